The minimum atomic E-state index is -0.0635. The lowest BCUT2D eigenvalue weighted by Crippen LogP contribution is -2.09. The van der Waals surface area contributed by atoms with Crippen LogP contribution in [0, 0.1) is 0 Å². The standard InChI is InChI=1S/C15H18O4/c1-3-13(17)10-19-14-7-5-12(6-8-14)15(18)9-4-11(2)16/h5-8H,3-4,9-10H2,1-2H3. The van der Waals surface area contributed by atoms with Crippen LogP contribution in [0.5, 0.6) is 5.75 Å². The van der Waals surface area contributed by atoms with Gasteiger partial charge in [0.1, 0.15) is 18.1 Å². The van der Waals surface area contributed by atoms with Crippen molar-refractivity contribution in [2.24, 2.45) is 0 Å². The van der Waals surface area contributed by atoms with Crippen molar-refractivity contribution in [3.63, 3.8) is 0 Å². The third-order valence-corrected chi connectivity index (χ3v) is 2.67. The predicted molar refractivity (Wildman–Crippen MR) is 71.5 cm³/mol. The van der Waals surface area contributed by atoms with Crippen molar-refractivity contribution in [3.8, 4) is 5.75 Å². The van der Waals surface area contributed by atoms with Crippen molar-refractivity contribution in [2.45, 2.75) is 33.1 Å². The minimum Gasteiger partial charge on any atom is -0.486 e. The molecule has 1 aromatic carbocycles. The normalized spacial score (nSPS) is 10.0. The summed E-state index contributed by atoms with van der Waals surface area (Å²) in [7, 11) is 0. The monoisotopic (exact) mass is 262 g/mol. The van der Waals surface area contributed by atoms with E-state index < -0.39 is 0 Å². The Kier molecular flexibility index (Phi) is 5.93. The van der Waals surface area contributed by atoms with E-state index in [0.717, 1.165) is 0 Å². The average Bonchev–Trinajstić information content (AvgIpc) is 2.42. The zero-order valence-electron chi connectivity index (χ0n) is 11.3. The first-order chi connectivity index (χ1) is 9.02. The van der Waals surface area contributed by atoms with Gasteiger partial charge in [0, 0.05) is 24.8 Å². The molecule has 0 heterocycles. The van der Waals surface area contributed by atoms with Crippen LogP contribution >= 0.6 is 0 Å². The zero-order valence-corrected chi connectivity index (χ0v) is 11.3. The third-order valence-electron chi connectivity index (χ3n) is 2.67. The van der Waals surface area contributed by atoms with E-state index in [1.54, 1.807) is 31.2 Å². The van der Waals surface area contributed by atoms with Gasteiger partial charge in [0.15, 0.2) is 11.6 Å². The molecule has 1 aromatic rings. The summed E-state index contributed by atoms with van der Waals surface area (Å²) >= 11 is 0. The number of ether oxygens (including phenoxy) is 1. The van der Waals surface area contributed by atoms with Gasteiger partial charge in [-0.15, -0.1) is 0 Å². The molecule has 0 saturated heterocycles. The van der Waals surface area contributed by atoms with Crippen LogP contribution in [0.3, 0.4) is 0 Å². The molecule has 0 aliphatic heterocycles. The molecular formula is C15H18O4. The molecule has 0 saturated carbocycles. The van der Waals surface area contributed by atoms with Crippen LogP contribution < -0.4 is 4.74 Å². The molecule has 0 aliphatic rings. The van der Waals surface area contributed by atoms with Gasteiger partial charge >= 0.3 is 0 Å². The number of benzene rings is 1. The Labute approximate surface area is 112 Å². The lowest BCUT2D eigenvalue weighted by atomic mass is 10.1. The number of hydrogen-bond acceptors (Lipinski definition) is 4. The van der Waals surface area contributed by atoms with Crippen molar-refractivity contribution in [1.82, 2.24) is 0 Å². The van der Waals surface area contributed by atoms with Crippen LogP contribution in [-0.4, -0.2) is 24.0 Å². The summed E-state index contributed by atoms with van der Waals surface area (Å²) in [5.74, 6) is 0.532. The van der Waals surface area contributed by atoms with Gasteiger partial charge in [-0.2, -0.15) is 0 Å². The molecule has 19 heavy (non-hydrogen) atoms. The van der Waals surface area contributed by atoms with Crippen LogP contribution in [0.4, 0.5) is 0 Å². The fraction of sp³-hybridized carbons (Fsp3) is 0.400. The van der Waals surface area contributed by atoms with E-state index in [0.29, 0.717) is 17.7 Å². The topological polar surface area (TPSA) is 60.4 Å². The number of rotatable bonds is 8. The van der Waals surface area contributed by atoms with Crippen molar-refractivity contribution < 1.29 is 19.1 Å². The van der Waals surface area contributed by atoms with Crippen molar-refractivity contribution >= 4 is 17.3 Å². The number of carbonyl (C=O) groups excluding carboxylic acids is 3. The molecule has 1 rings (SSSR count). The van der Waals surface area contributed by atoms with Crippen molar-refractivity contribution in [2.75, 3.05) is 6.61 Å². The number of carbonyl (C=O) groups is 3. The highest BCUT2D eigenvalue weighted by Crippen LogP contribution is 2.14. The predicted octanol–water partition coefficient (Wildman–Crippen LogP) is 2.60. The Morgan fingerprint density at radius 2 is 1.68 bits per heavy atom. The van der Waals surface area contributed by atoms with Crippen LogP contribution in [0.25, 0.3) is 0 Å². The Bertz CT molecular complexity index is 460. The highest BCUT2D eigenvalue weighted by atomic mass is 16.5. The third kappa shape index (κ3) is 5.46. The van der Waals surface area contributed by atoms with Gasteiger partial charge in [0.25, 0.3) is 0 Å². The minimum absolute atomic E-state index is 0.00591. The van der Waals surface area contributed by atoms with Gasteiger partial charge in [0.05, 0.1) is 0 Å². The number of hydrogen-bond donors (Lipinski definition) is 0. The maximum absolute atomic E-state index is 11.7. The Balaban J connectivity index is 2.53. The second-order valence-electron chi connectivity index (χ2n) is 4.33. The SMILES string of the molecule is CCC(=O)COc1ccc(C(=O)CCC(C)=O)cc1. The van der Waals surface area contributed by atoms with Crippen LogP contribution in [-0.2, 0) is 9.59 Å². The highest BCUT2D eigenvalue weighted by Gasteiger charge is 2.07. The molecule has 0 bridgehead atoms. The van der Waals surface area contributed by atoms with Crippen LogP contribution in [0.15, 0.2) is 24.3 Å². The molecular weight excluding hydrogens is 244 g/mol. The molecule has 0 spiro atoms. The first kappa shape index (κ1) is 15.1. The molecule has 0 radical (unpaired) electrons. The molecule has 0 aliphatic carbocycles. The smallest absolute Gasteiger partial charge is 0.169 e. The average molecular weight is 262 g/mol. The first-order valence-electron chi connectivity index (χ1n) is 6.30. The lowest BCUT2D eigenvalue weighted by molar-refractivity contribution is -0.120. The summed E-state index contributed by atoms with van der Waals surface area (Å²) in [6.45, 7) is 3.30. The fourth-order valence-corrected chi connectivity index (χ4v) is 1.44. The molecule has 0 fully saturated rings. The molecule has 4 nitrogen and oxygen atoms in total. The van der Waals surface area contributed by atoms with Gasteiger partial charge in [-0.1, -0.05) is 6.92 Å². The summed E-state index contributed by atoms with van der Waals surface area (Å²) in [6, 6.07) is 6.61. The van der Waals surface area contributed by atoms with Crippen molar-refractivity contribution in [1.29, 1.82) is 0 Å². The molecule has 0 aromatic heterocycles. The van der Waals surface area contributed by atoms with Gasteiger partial charge in [-0.25, -0.2) is 0 Å². The highest BCUT2D eigenvalue weighted by molar-refractivity contribution is 5.98. The quantitative estimate of drug-likeness (QED) is 0.676. The van der Waals surface area contributed by atoms with E-state index in [1.165, 1.54) is 6.92 Å². The van der Waals surface area contributed by atoms with Crippen molar-refractivity contribution in [3.05, 3.63) is 29.8 Å². The van der Waals surface area contributed by atoms with Crippen LogP contribution in [0.1, 0.15) is 43.5 Å². The molecule has 102 valence electrons. The Morgan fingerprint density at radius 1 is 1.05 bits per heavy atom. The second kappa shape index (κ2) is 7.46. The summed E-state index contributed by atoms with van der Waals surface area (Å²) in [5.41, 5.74) is 0.551. The summed E-state index contributed by atoms with van der Waals surface area (Å²) < 4.78 is 5.28. The number of Topliss-reactive ketones (excluding diaryl/α,β-unsaturated/α-hetero) is 3. The maximum Gasteiger partial charge on any atom is 0.169 e. The molecule has 0 unspecified atom stereocenters. The van der Waals surface area contributed by atoms with E-state index >= 15 is 0 Å². The lowest BCUT2D eigenvalue weighted by Gasteiger charge is -2.05. The van der Waals surface area contributed by atoms with E-state index in [2.05, 4.69) is 0 Å². The van der Waals surface area contributed by atoms with E-state index in [9.17, 15) is 14.4 Å². The fourth-order valence-electron chi connectivity index (χ4n) is 1.44. The maximum atomic E-state index is 11.7. The Morgan fingerprint density at radius 3 is 2.21 bits per heavy atom. The largest absolute Gasteiger partial charge is 0.486 e. The second-order valence-corrected chi connectivity index (χ2v) is 4.33. The zero-order chi connectivity index (χ0) is 14.3. The van der Waals surface area contributed by atoms with E-state index in [1.807, 2.05) is 0 Å². The molecule has 0 N–H and O–H groups in total. The van der Waals surface area contributed by atoms with E-state index in [-0.39, 0.29) is 36.8 Å². The van der Waals surface area contributed by atoms with E-state index in [4.69, 9.17) is 4.74 Å². The summed E-state index contributed by atoms with van der Waals surface area (Å²) in [5, 5.41) is 0. The number of ketones is 3. The Hall–Kier alpha value is -1.97. The van der Waals surface area contributed by atoms with Gasteiger partial charge < -0.3 is 9.53 Å². The van der Waals surface area contributed by atoms with Gasteiger partial charge in [-0.05, 0) is 31.2 Å². The molecule has 4 heteroatoms. The summed E-state index contributed by atoms with van der Waals surface area (Å²) in [6.07, 6.45) is 0.938. The van der Waals surface area contributed by atoms with Gasteiger partial charge in [0.2, 0.25) is 0 Å². The molecule has 0 atom stereocenters. The first-order valence-corrected chi connectivity index (χ1v) is 6.30. The van der Waals surface area contributed by atoms with Gasteiger partial charge in [-0.3, -0.25) is 9.59 Å². The summed E-state index contributed by atoms with van der Waals surface area (Å²) in [4.78, 5) is 33.6. The van der Waals surface area contributed by atoms with Crippen LogP contribution in [0.2, 0.25) is 0 Å². The molecule has 0 amide bonds.